The zero-order valence-corrected chi connectivity index (χ0v) is 23.4. The molecule has 9 heteroatoms. The Morgan fingerprint density at radius 2 is 2.00 bits per heavy atom. The molecular formula is C27H39ClNO6S+. The minimum absolute atomic E-state index is 0.0697. The fourth-order valence-corrected chi connectivity index (χ4v) is 7.60. The number of methoxy groups -OCH3 is 1. The molecule has 0 radical (unpaired) electrons. The van der Waals surface area contributed by atoms with E-state index in [2.05, 4.69) is 29.8 Å². The summed E-state index contributed by atoms with van der Waals surface area (Å²) in [5.41, 5.74) is 0.738. The summed E-state index contributed by atoms with van der Waals surface area (Å²) in [6.45, 7) is 6.11. The molecule has 36 heavy (non-hydrogen) atoms. The average Bonchev–Trinajstić information content (AvgIpc) is 3.49. The fourth-order valence-electron chi connectivity index (χ4n) is 5.49. The van der Waals surface area contributed by atoms with Gasteiger partial charge in [0.25, 0.3) is 0 Å². The van der Waals surface area contributed by atoms with Crippen molar-refractivity contribution < 1.29 is 28.9 Å². The van der Waals surface area contributed by atoms with Crippen LogP contribution in [0.1, 0.15) is 45.6 Å². The van der Waals surface area contributed by atoms with E-state index < -0.39 is 41.3 Å². The number of alkyl carbamates (subject to hydrolysis) is 1. The third-order valence-corrected chi connectivity index (χ3v) is 9.18. The van der Waals surface area contributed by atoms with Crippen molar-refractivity contribution in [2.24, 2.45) is 5.92 Å². The van der Waals surface area contributed by atoms with Gasteiger partial charge in [0.2, 0.25) is 5.91 Å². The molecule has 7 atom stereocenters. The van der Waals surface area contributed by atoms with Crippen molar-refractivity contribution in [2.45, 2.75) is 75.3 Å². The zero-order chi connectivity index (χ0) is 26.5. The van der Waals surface area contributed by atoms with Gasteiger partial charge in [0.15, 0.2) is 0 Å². The predicted molar refractivity (Wildman–Crippen MR) is 143 cm³/mol. The van der Waals surface area contributed by atoms with Gasteiger partial charge in [0.1, 0.15) is 40.8 Å². The van der Waals surface area contributed by atoms with Gasteiger partial charge in [0, 0.05) is 12.7 Å². The molecule has 2 N–H and O–H groups in total. The molecule has 7 nitrogen and oxygen atoms in total. The van der Waals surface area contributed by atoms with Crippen molar-refractivity contribution in [2.75, 3.05) is 25.0 Å². The Morgan fingerprint density at radius 3 is 2.61 bits per heavy atom. The van der Waals surface area contributed by atoms with E-state index >= 15 is 0 Å². The van der Waals surface area contributed by atoms with Crippen molar-refractivity contribution in [3.63, 3.8) is 0 Å². The molecule has 1 aromatic carbocycles. The quantitative estimate of drug-likeness (QED) is 0.202. The van der Waals surface area contributed by atoms with Gasteiger partial charge in [-0.05, 0) is 50.9 Å². The maximum Gasteiger partial charge on any atom is 0.414 e. The van der Waals surface area contributed by atoms with Gasteiger partial charge in [0.05, 0.1) is 18.3 Å². The van der Waals surface area contributed by atoms with Crippen molar-refractivity contribution in [3.8, 4) is 0 Å². The Balaban J connectivity index is 1.84. The zero-order valence-electron chi connectivity index (χ0n) is 21.8. The molecule has 1 aliphatic heterocycles. The van der Waals surface area contributed by atoms with E-state index in [-0.39, 0.29) is 22.9 Å². The van der Waals surface area contributed by atoms with Crippen LogP contribution in [0.2, 0.25) is 0 Å². The van der Waals surface area contributed by atoms with Gasteiger partial charge in [-0.2, -0.15) is 0 Å². The monoisotopic (exact) mass is 540 g/mol. The summed E-state index contributed by atoms with van der Waals surface area (Å²) in [5, 5.41) is 14.3. The number of nitrogens with one attached hydrogen (secondary N) is 1. The minimum Gasteiger partial charge on any atom is -0.443 e. The molecule has 200 valence electrons. The second-order valence-electron chi connectivity index (χ2n) is 10.3. The Labute approximate surface area is 222 Å². The van der Waals surface area contributed by atoms with Gasteiger partial charge < -0.3 is 19.3 Å². The number of carbonyl (C=O) groups is 2. The average molecular weight is 541 g/mol. The third-order valence-electron chi connectivity index (χ3n) is 7.12. The number of carbonyl (C=O) groups excluding carboxylic acids is 2. The molecule has 0 bridgehead atoms. The van der Waals surface area contributed by atoms with Crippen LogP contribution in [0.3, 0.4) is 0 Å². The second kappa shape index (κ2) is 12.3. The molecule has 3 rings (SSSR count). The largest absolute Gasteiger partial charge is 0.443 e. The fraction of sp³-hybridized carbons (Fsp3) is 0.630. The van der Waals surface area contributed by atoms with Crippen LogP contribution in [-0.4, -0.2) is 71.6 Å². The Bertz CT molecular complexity index is 941. The van der Waals surface area contributed by atoms with E-state index in [0.717, 1.165) is 12.2 Å². The minimum atomic E-state index is -1.07. The van der Waals surface area contributed by atoms with E-state index in [1.54, 1.807) is 7.11 Å². The number of epoxide rings is 1. The van der Waals surface area contributed by atoms with Crippen LogP contribution >= 0.6 is 11.6 Å². The molecule has 2 aliphatic rings. The highest BCUT2D eigenvalue weighted by atomic mass is 35.5. The van der Waals surface area contributed by atoms with Crippen molar-refractivity contribution in [1.82, 2.24) is 5.32 Å². The summed E-state index contributed by atoms with van der Waals surface area (Å²) < 4.78 is 17.8. The molecule has 1 unspecified atom stereocenters. The van der Waals surface area contributed by atoms with E-state index in [4.69, 9.17) is 25.8 Å². The van der Waals surface area contributed by atoms with Crippen LogP contribution < -0.4 is 5.32 Å². The number of hydrogen-bond donors (Lipinski definition) is 2. The molecular weight excluding hydrogens is 502 g/mol. The second-order valence-corrected chi connectivity index (χ2v) is 12.7. The molecule has 1 heterocycles. The Morgan fingerprint density at radius 1 is 1.31 bits per heavy atom. The number of benzene rings is 1. The molecule has 0 spiro atoms. The molecule has 2 fully saturated rings. The first-order valence-electron chi connectivity index (χ1n) is 12.3. The number of amides is 2. The molecule has 1 saturated carbocycles. The van der Waals surface area contributed by atoms with Crippen molar-refractivity contribution >= 4 is 34.5 Å². The highest BCUT2D eigenvalue weighted by molar-refractivity contribution is 7.95. The predicted octanol–water partition coefficient (Wildman–Crippen LogP) is 3.96. The van der Waals surface area contributed by atoms with Crippen LogP contribution in [0.15, 0.2) is 42.0 Å². The Hall–Kier alpha value is -1.58. The molecule has 0 aromatic heterocycles. The van der Waals surface area contributed by atoms with Crippen LogP contribution in [-0.2, 0) is 35.7 Å². The van der Waals surface area contributed by atoms with Crippen LogP contribution in [0.5, 0.6) is 0 Å². The number of aliphatic hydroxyl groups is 1. The first-order chi connectivity index (χ1) is 17.0. The first kappa shape index (κ1) is 29.0. The number of ether oxygens (including phenoxy) is 3. The summed E-state index contributed by atoms with van der Waals surface area (Å²) in [7, 11) is 1.46. The summed E-state index contributed by atoms with van der Waals surface area (Å²) in [5.74, 6) is 0.0643. The number of rotatable bonds is 10. The van der Waals surface area contributed by atoms with E-state index in [1.165, 1.54) is 11.1 Å². The summed E-state index contributed by atoms with van der Waals surface area (Å²) >= 11 is 5.50. The highest BCUT2D eigenvalue weighted by Crippen LogP contribution is 2.55. The lowest BCUT2D eigenvalue weighted by Gasteiger charge is -2.48. The lowest BCUT2D eigenvalue weighted by molar-refractivity contribution is -0.170. The maximum atomic E-state index is 12.3. The van der Waals surface area contributed by atoms with Gasteiger partial charge in [-0.1, -0.05) is 42.0 Å². The third kappa shape index (κ3) is 7.04. The molecule has 1 aliphatic carbocycles. The number of allylic oxidation sites excluding steroid dienone is 1. The lowest BCUT2D eigenvalue weighted by atomic mass is 9.66. The SMILES string of the molecule is CO[C@H]1[C@@H]([C@@]2(C)O[C@@H]2CC=C(C)C)[C@@](O)(C[S+](C)Cc2ccccc2)CC[C@H]1OC(=O)NC(=O)CCl. The first-order valence-corrected chi connectivity index (χ1v) is 14.8. The smallest absolute Gasteiger partial charge is 0.414 e. The van der Waals surface area contributed by atoms with Crippen LogP contribution in [0.25, 0.3) is 0 Å². The van der Waals surface area contributed by atoms with Crippen LogP contribution in [0.4, 0.5) is 4.79 Å². The maximum absolute atomic E-state index is 12.3. The normalized spacial score (nSPS) is 32.3. The summed E-state index contributed by atoms with van der Waals surface area (Å²) in [6, 6.07) is 10.3. The van der Waals surface area contributed by atoms with E-state index in [9.17, 15) is 14.7 Å². The summed E-state index contributed by atoms with van der Waals surface area (Å²) in [6.07, 6.45) is 3.72. The number of halogens is 1. The highest BCUT2D eigenvalue weighted by Gasteiger charge is 2.68. The van der Waals surface area contributed by atoms with Gasteiger partial charge in [-0.25, -0.2) is 4.79 Å². The number of hydrogen-bond acceptors (Lipinski definition) is 6. The van der Waals surface area contributed by atoms with Gasteiger partial charge >= 0.3 is 6.09 Å². The molecule has 1 aromatic rings. The molecule has 2 amide bonds. The lowest BCUT2D eigenvalue weighted by Crippen LogP contribution is -2.63. The summed E-state index contributed by atoms with van der Waals surface area (Å²) in [4.78, 5) is 23.9. The van der Waals surface area contributed by atoms with E-state index in [0.29, 0.717) is 18.6 Å². The number of imide groups is 1. The van der Waals surface area contributed by atoms with Crippen LogP contribution in [0, 0.1) is 5.92 Å². The van der Waals surface area contributed by atoms with Gasteiger partial charge in [-0.15, -0.1) is 11.6 Å². The van der Waals surface area contributed by atoms with Crippen molar-refractivity contribution in [3.05, 3.63) is 47.5 Å². The Kier molecular flexibility index (Phi) is 9.91. The standard InChI is InChI=1S/C27H38ClNO6S/c1-18(2)11-12-21-26(3,35-21)24-23(33-4)20(34-25(31)29-22(30)15-28)13-14-27(24,32)17-36(5)16-19-9-7-6-8-10-19/h6-11,20-21,23-24,32H,12-17H2,1-5H3/p+1/t20-,21-,23-,24+,26+,27+,36?/m1/s1. The van der Waals surface area contributed by atoms with Gasteiger partial charge in [-0.3, -0.25) is 10.1 Å². The van der Waals surface area contributed by atoms with E-state index in [1.807, 2.05) is 39.0 Å². The topological polar surface area (TPSA) is 97.4 Å². The number of alkyl halides is 1. The molecule has 1 saturated heterocycles. The van der Waals surface area contributed by atoms with Crippen molar-refractivity contribution in [1.29, 1.82) is 0 Å².